The Bertz CT molecular complexity index is 700. The van der Waals surface area contributed by atoms with E-state index in [9.17, 15) is 4.79 Å². The molecule has 0 saturated carbocycles. The lowest BCUT2D eigenvalue weighted by Crippen LogP contribution is -2.08. The van der Waals surface area contributed by atoms with Crippen molar-refractivity contribution in [2.45, 2.75) is 0 Å². The molecule has 6 heteroatoms. The molecule has 1 amide bonds. The first-order chi connectivity index (χ1) is 8.25. The van der Waals surface area contributed by atoms with E-state index in [-0.39, 0.29) is 0 Å². The van der Waals surface area contributed by atoms with Gasteiger partial charge in [-0.1, -0.05) is 23.5 Å². The number of nitrogens with zero attached hydrogens (tertiary/aromatic N) is 3. The number of carbonyl (C=O) groups is 1. The number of rotatable bonds is 2. The minimum Gasteiger partial charge on any atom is -0.365 e. The van der Waals surface area contributed by atoms with E-state index in [1.165, 1.54) is 17.5 Å². The Hall–Kier alpha value is -2.21. The topological polar surface area (TPSA) is 73.8 Å². The van der Waals surface area contributed by atoms with Crippen LogP contribution in [0.1, 0.15) is 9.67 Å². The third-order valence-corrected chi connectivity index (χ3v) is 3.41. The minimum atomic E-state index is -0.460. The molecular formula is C11H8N4OS. The first-order valence-corrected chi connectivity index (χ1v) is 5.75. The summed E-state index contributed by atoms with van der Waals surface area (Å²) in [6.45, 7) is 0. The van der Waals surface area contributed by atoms with Gasteiger partial charge in [-0.3, -0.25) is 9.36 Å². The van der Waals surface area contributed by atoms with E-state index in [4.69, 9.17) is 5.73 Å². The molecule has 0 fully saturated rings. The zero-order valence-electron chi connectivity index (χ0n) is 8.70. The molecule has 0 aliphatic carbocycles. The number of hydrogen-bond donors (Lipinski definition) is 1. The molecule has 0 unspecified atom stereocenters. The molecule has 2 N–H and O–H groups in total. The molecule has 0 saturated heterocycles. The Morgan fingerprint density at radius 1 is 1.29 bits per heavy atom. The molecule has 1 aromatic carbocycles. The summed E-state index contributed by atoms with van der Waals surface area (Å²) < 4.78 is 1.84. The third-order valence-electron chi connectivity index (χ3n) is 2.40. The van der Waals surface area contributed by atoms with Crippen molar-refractivity contribution in [2.75, 3.05) is 0 Å². The second-order valence-corrected chi connectivity index (χ2v) is 4.48. The van der Waals surface area contributed by atoms with Crippen LogP contribution in [0.5, 0.6) is 0 Å². The summed E-state index contributed by atoms with van der Waals surface area (Å²) in [5.41, 5.74) is 7.05. The molecule has 84 valence electrons. The van der Waals surface area contributed by atoms with E-state index >= 15 is 0 Å². The fraction of sp³-hybridized carbons (Fsp3) is 0. The molecule has 0 radical (unpaired) electrons. The Morgan fingerprint density at radius 2 is 2.12 bits per heavy atom. The number of imidazole rings is 1. The summed E-state index contributed by atoms with van der Waals surface area (Å²) >= 11 is 1.25. The average molecular weight is 244 g/mol. The van der Waals surface area contributed by atoms with Gasteiger partial charge in [0.25, 0.3) is 5.91 Å². The van der Waals surface area contributed by atoms with Crippen molar-refractivity contribution in [1.82, 2.24) is 14.5 Å². The highest BCUT2D eigenvalue weighted by Gasteiger charge is 2.10. The number of para-hydroxylation sites is 2. The van der Waals surface area contributed by atoms with Crippen molar-refractivity contribution in [2.24, 2.45) is 5.73 Å². The highest BCUT2D eigenvalue weighted by Crippen LogP contribution is 2.21. The molecule has 2 aromatic heterocycles. The number of primary amides is 1. The highest BCUT2D eigenvalue weighted by atomic mass is 32.1. The van der Waals surface area contributed by atoms with Gasteiger partial charge in [0.2, 0.25) is 0 Å². The van der Waals surface area contributed by atoms with Gasteiger partial charge in [0.05, 0.1) is 17.2 Å². The largest absolute Gasteiger partial charge is 0.365 e. The standard InChI is InChI=1S/C11H8N4OS/c12-10(16)9-5-13-11(17-9)15-6-14-7-3-1-2-4-8(7)15/h1-6H,(H2,12,16). The van der Waals surface area contributed by atoms with Crippen LogP contribution in [0, 0.1) is 0 Å². The van der Waals surface area contributed by atoms with Gasteiger partial charge in [-0.15, -0.1) is 0 Å². The minimum absolute atomic E-state index is 0.442. The lowest BCUT2D eigenvalue weighted by Gasteiger charge is -1.97. The van der Waals surface area contributed by atoms with Crippen LogP contribution in [-0.2, 0) is 0 Å². The SMILES string of the molecule is NC(=O)c1cnc(-n2cnc3ccccc32)s1. The quantitative estimate of drug-likeness (QED) is 0.743. The summed E-state index contributed by atoms with van der Waals surface area (Å²) in [5.74, 6) is -0.460. The zero-order chi connectivity index (χ0) is 11.8. The predicted octanol–water partition coefficient (Wildman–Crippen LogP) is 1.58. The number of carbonyl (C=O) groups excluding carboxylic acids is 1. The van der Waals surface area contributed by atoms with Crippen molar-refractivity contribution in [1.29, 1.82) is 0 Å². The first-order valence-electron chi connectivity index (χ1n) is 4.94. The lowest BCUT2D eigenvalue weighted by molar-refractivity contribution is 0.100. The maximum absolute atomic E-state index is 11.0. The molecule has 17 heavy (non-hydrogen) atoms. The molecule has 2 heterocycles. The van der Waals surface area contributed by atoms with Crippen LogP contribution in [0.4, 0.5) is 0 Å². The van der Waals surface area contributed by atoms with Crippen LogP contribution in [0.2, 0.25) is 0 Å². The van der Waals surface area contributed by atoms with Gasteiger partial charge in [-0.05, 0) is 12.1 Å². The van der Waals surface area contributed by atoms with Crippen molar-refractivity contribution >= 4 is 28.3 Å². The first kappa shape index (κ1) is 9.98. The Labute approximate surface area is 101 Å². The summed E-state index contributed by atoms with van der Waals surface area (Å²) in [4.78, 5) is 19.9. The van der Waals surface area contributed by atoms with E-state index in [2.05, 4.69) is 9.97 Å². The number of amides is 1. The average Bonchev–Trinajstić information content (AvgIpc) is 2.95. The molecule has 0 aliphatic heterocycles. The molecule has 5 nitrogen and oxygen atoms in total. The van der Waals surface area contributed by atoms with Crippen LogP contribution in [0.3, 0.4) is 0 Å². The fourth-order valence-corrected chi connectivity index (χ4v) is 2.35. The van der Waals surface area contributed by atoms with Gasteiger partial charge in [-0.25, -0.2) is 9.97 Å². The molecule has 0 aliphatic rings. The number of benzene rings is 1. The van der Waals surface area contributed by atoms with E-state index in [0.29, 0.717) is 10.0 Å². The van der Waals surface area contributed by atoms with Crippen molar-refractivity contribution in [3.63, 3.8) is 0 Å². The number of hydrogen-bond acceptors (Lipinski definition) is 4. The van der Waals surface area contributed by atoms with Crippen LogP contribution in [0.15, 0.2) is 36.8 Å². The molecule has 0 spiro atoms. The third kappa shape index (κ3) is 1.58. The maximum Gasteiger partial charge on any atom is 0.260 e. The molecular weight excluding hydrogens is 236 g/mol. The molecule has 3 aromatic rings. The fourth-order valence-electron chi connectivity index (χ4n) is 1.60. The number of aromatic nitrogens is 3. The van der Waals surface area contributed by atoms with E-state index in [1.54, 1.807) is 6.33 Å². The van der Waals surface area contributed by atoms with Gasteiger partial charge in [-0.2, -0.15) is 0 Å². The second-order valence-electron chi connectivity index (χ2n) is 3.47. The van der Waals surface area contributed by atoms with Crippen LogP contribution >= 0.6 is 11.3 Å². The number of thiazole rings is 1. The summed E-state index contributed by atoms with van der Waals surface area (Å²) in [6.07, 6.45) is 3.17. The van der Waals surface area contributed by atoms with E-state index in [0.717, 1.165) is 11.0 Å². The van der Waals surface area contributed by atoms with Gasteiger partial charge in [0.1, 0.15) is 11.2 Å². The van der Waals surface area contributed by atoms with Crippen molar-refractivity contribution < 1.29 is 4.79 Å². The van der Waals surface area contributed by atoms with E-state index < -0.39 is 5.91 Å². The second kappa shape index (κ2) is 3.67. The highest BCUT2D eigenvalue weighted by molar-refractivity contribution is 7.16. The van der Waals surface area contributed by atoms with Gasteiger partial charge in [0.15, 0.2) is 5.13 Å². The number of fused-ring (bicyclic) bond motifs is 1. The van der Waals surface area contributed by atoms with Gasteiger partial charge < -0.3 is 5.73 Å². The normalized spacial score (nSPS) is 10.8. The summed E-state index contributed by atoms with van der Waals surface area (Å²) in [5, 5.41) is 0.688. The zero-order valence-corrected chi connectivity index (χ0v) is 9.52. The van der Waals surface area contributed by atoms with Crippen LogP contribution < -0.4 is 5.73 Å². The monoisotopic (exact) mass is 244 g/mol. The van der Waals surface area contributed by atoms with Gasteiger partial charge >= 0.3 is 0 Å². The predicted molar refractivity (Wildman–Crippen MR) is 65.3 cm³/mol. The van der Waals surface area contributed by atoms with Crippen molar-refractivity contribution in [3.8, 4) is 5.13 Å². The summed E-state index contributed by atoms with van der Waals surface area (Å²) in [7, 11) is 0. The lowest BCUT2D eigenvalue weighted by atomic mass is 10.3. The van der Waals surface area contributed by atoms with E-state index in [1.807, 2.05) is 28.8 Å². The Morgan fingerprint density at radius 3 is 2.88 bits per heavy atom. The van der Waals surface area contributed by atoms with Gasteiger partial charge in [0, 0.05) is 0 Å². The molecule has 0 bridgehead atoms. The molecule has 0 atom stereocenters. The maximum atomic E-state index is 11.0. The summed E-state index contributed by atoms with van der Waals surface area (Å²) in [6, 6.07) is 7.74. The Kier molecular flexibility index (Phi) is 2.15. The number of nitrogens with two attached hydrogens (primary N) is 1. The smallest absolute Gasteiger partial charge is 0.260 e. The Balaban J connectivity index is 2.17. The van der Waals surface area contributed by atoms with Crippen LogP contribution in [0.25, 0.3) is 16.2 Å². The van der Waals surface area contributed by atoms with Crippen LogP contribution in [-0.4, -0.2) is 20.4 Å². The molecule has 3 rings (SSSR count). The van der Waals surface area contributed by atoms with Crippen molar-refractivity contribution in [3.05, 3.63) is 41.7 Å².